The third-order valence-corrected chi connectivity index (χ3v) is 7.92. The maximum absolute atomic E-state index is 14.3. The lowest BCUT2D eigenvalue weighted by Gasteiger charge is -2.36. The number of methoxy groups -OCH3 is 1. The van der Waals surface area contributed by atoms with E-state index in [9.17, 15) is 24.4 Å². The third kappa shape index (κ3) is 5.77. The molecular formula is C30H34N6O7. The Hall–Kier alpha value is -4.86. The topological polar surface area (TPSA) is 163 Å². The first kappa shape index (κ1) is 29.6. The molecule has 0 unspecified atom stereocenters. The van der Waals surface area contributed by atoms with Gasteiger partial charge in [-0.05, 0) is 29.7 Å². The number of benzene rings is 1. The van der Waals surface area contributed by atoms with Crippen LogP contribution in [0.15, 0.2) is 48.7 Å². The van der Waals surface area contributed by atoms with E-state index >= 15 is 0 Å². The van der Waals surface area contributed by atoms with Crippen LogP contribution in [0.4, 0.5) is 10.6 Å². The Balaban J connectivity index is 1.44. The second-order valence-electron chi connectivity index (χ2n) is 11.9. The summed E-state index contributed by atoms with van der Waals surface area (Å²) in [6.45, 7) is 5.23. The molecule has 43 heavy (non-hydrogen) atoms. The van der Waals surface area contributed by atoms with Gasteiger partial charge in [-0.3, -0.25) is 14.4 Å². The Morgan fingerprint density at radius 2 is 1.93 bits per heavy atom. The second-order valence-corrected chi connectivity index (χ2v) is 11.9. The van der Waals surface area contributed by atoms with E-state index in [1.165, 1.54) is 23.1 Å². The normalized spacial score (nSPS) is 25.2. The number of fused-ring (bicyclic) bond motifs is 1. The number of hydrogen-bond acceptors (Lipinski definition) is 9. The number of likely N-dealkylation sites (tertiary alicyclic amines) is 2. The number of carbonyl (C=O) groups is 4. The highest BCUT2D eigenvalue weighted by Crippen LogP contribution is 2.40. The van der Waals surface area contributed by atoms with Gasteiger partial charge >= 0.3 is 6.09 Å². The lowest BCUT2D eigenvalue weighted by molar-refractivity contribution is -0.147. The molecule has 0 radical (unpaired) electrons. The van der Waals surface area contributed by atoms with Crippen LogP contribution >= 0.6 is 0 Å². The van der Waals surface area contributed by atoms with Crippen LogP contribution in [0.5, 0.6) is 11.5 Å². The van der Waals surface area contributed by atoms with E-state index < -0.39 is 59.1 Å². The van der Waals surface area contributed by atoms with Gasteiger partial charge in [0.15, 0.2) is 11.6 Å². The molecule has 1 aromatic heterocycles. The molecule has 2 saturated heterocycles. The number of nitrogens with one attached hydrogen (secondary N) is 2. The molecule has 0 bridgehead atoms. The first-order valence-electron chi connectivity index (χ1n) is 14.0. The van der Waals surface area contributed by atoms with Crippen molar-refractivity contribution in [1.82, 2.24) is 20.1 Å². The van der Waals surface area contributed by atoms with Crippen LogP contribution in [-0.2, 0) is 19.1 Å². The Labute approximate surface area is 249 Å². The minimum atomic E-state index is -1.50. The van der Waals surface area contributed by atoms with E-state index in [2.05, 4.69) is 21.7 Å². The smallest absolute Gasteiger partial charge is 0.407 e. The number of anilines is 1. The van der Waals surface area contributed by atoms with Crippen LogP contribution in [-0.4, -0.2) is 88.6 Å². The van der Waals surface area contributed by atoms with Crippen molar-refractivity contribution in [2.45, 2.75) is 63.4 Å². The fraction of sp³-hybridized carbons (Fsp3) is 0.467. The van der Waals surface area contributed by atoms with Crippen molar-refractivity contribution in [1.29, 1.82) is 5.26 Å². The highest BCUT2D eigenvalue weighted by Gasteiger charge is 2.57. The van der Waals surface area contributed by atoms with E-state index in [-0.39, 0.29) is 31.7 Å². The zero-order valence-corrected chi connectivity index (χ0v) is 24.4. The Kier molecular flexibility index (Phi) is 7.88. The molecule has 4 amide bonds. The number of hydrogen-bond donors (Lipinski definition) is 2. The van der Waals surface area contributed by atoms with Crippen molar-refractivity contribution in [2.24, 2.45) is 5.41 Å². The molecular weight excluding hydrogens is 556 g/mol. The number of rotatable bonds is 5. The van der Waals surface area contributed by atoms with Gasteiger partial charge in [0, 0.05) is 19.0 Å². The van der Waals surface area contributed by atoms with Crippen LogP contribution in [0.25, 0.3) is 0 Å². The number of nitriles is 1. The molecule has 4 heterocycles. The molecule has 5 rings (SSSR count). The van der Waals surface area contributed by atoms with Crippen molar-refractivity contribution in [3.63, 3.8) is 0 Å². The van der Waals surface area contributed by atoms with Gasteiger partial charge in [0.2, 0.25) is 17.4 Å². The van der Waals surface area contributed by atoms with Gasteiger partial charge in [-0.25, -0.2) is 9.78 Å². The van der Waals surface area contributed by atoms with Crippen LogP contribution in [0.1, 0.15) is 33.6 Å². The fourth-order valence-electron chi connectivity index (χ4n) is 5.74. The van der Waals surface area contributed by atoms with Gasteiger partial charge in [-0.2, -0.15) is 5.26 Å². The SMILES string of the molecule is COC(=O)N[C@H](C(=O)N1C[C@@H](Oc2ccccc2)C[C@H]1C(=O)N1C[C@@]2(C[C@H]1C#N)Oc1cccnc1NC2=O)C(C)(C)C. The summed E-state index contributed by atoms with van der Waals surface area (Å²) in [5.41, 5.74) is -2.24. The molecule has 2 fully saturated rings. The summed E-state index contributed by atoms with van der Waals surface area (Å²) in [5.74, 6) is -0.351. The molecule has 13 heteroatoms. The average Bonchev–Trinajstić information content (AvgIpc) is 3.58. The summed E-state index contributed by atoms with van der Waals surface area (Å²) < 4.78 is 17.0. The number of amides is 4. The highest BCUT2D eigenvalue weighted by molar-refractivity contribution is 6.01. The monoisotopic (exact) mass is 590 g/mol. The lowest BCUT2D eigenvalue weighted by Crippen LogP contribution is -2.59. The molecule has 2 aromatic rings. The molecule has 13 nitrogen and oxygen atoms in total. The van der Waals surface area contributed by atoms with E-state index in [0.717, 1.165) is 0 Å². The highest BCUT2D eigenvalue weighted by atomic mass is 16.5. The maximum Gasteiger partial charge on any atom is 0.407 e. The molecule has 0 saturated carbocycles. The predicted octanol–water partition coefficient (Wildman–Crippen LogP) is 2.09. The number of nitrogens with zero attached hydrogens (tertiary/aromatic N) is 4. The average molecular weight is 591 g/mol. The van der Waals surface area contributed by atoms with Crippen molar-refractivity contribution in [2.75, 3.05) is 25.5 Å². The number of carbonyl (C=O) groups excluding carboxylic acids is 4. The van der Waals surface area contributed by atoms with Gasteiger partial charge in [-0.1, -0.05) is 39.0 Å². The zero-order chi connectivity index (χ0) is 30.9. The molecule has 226 valence electrons. The first-order valence-corrected chi connectivity index (χ1v) is 14.0. The van der Waals surface area contributed by atoms with E-state index in [0.29, 0.717) is 11.5 Å². The Bertz CT molecular complexity index is 1450. The van der Waals surface area contributed by atoms with Crippen LogP contribution in [0.2, 0.25) is 0 Å². The molecule has 5 atom stereocenters. The van der Waals surface area contributed by atoms with Crippen LogP contribution in [0.3, 0.4) is 0 Å². The number of aromatic nitrogens is 1. The summed E-state index contributed by atoms with van der Waals surface area (Å²) in [5, 5.41) is 15.4. The largest absolute Gasteiger partial charge is 0.488 e. The van der Waals surface area contributed by atoms with Crippen molar-refractivity contribution in [3.8, 4) is 17.6 Å². The van der Waals surface area contributed by atoms with Crippen molar-refractivity contribution < 1.29 is 33.4 Å². The van der Waals surface area contributed by atoms with Gasteiger partial charge in [0.1, 0.15) is 30.0 Å². The molecule has 3 aliphatic rings. The first-order chi connectivity index (χ1) is 20.5. The molecule has 1 spiro atoms. The summed E-state index contributed by atoms with van der Waals surface area (Å²) >= 11 is 0. The quantitative estimate of drug-likeness (QED) is 0.531. The minimum Gasteiger partial charge on any atom is -0.488 e. The molecule has 0 aliphatic carbocycles. The van der Waals surface area contributed by atoms with Crippen molar-refractivity contribution >= 4 is 29.6 Å². The van der Waals surface area contributed by atoms with Gasteiger partial charge in [0.05, 0.1) is 26.3 Å². The number of para-hydroxylation sites is 1. The van der Waals surface area contributed by atoms with Crippen LogP contribution < -0.4 is 20.1 Å². The molecule has 3 aliphatic heterocycles. The summed E-state index contributed by atoms with van der Waals surface area (Å²) in [6, 6.07) is 11.4. The summed E-state index contributed by atoms with van der Waals surface area (Å²) in [7, 11) is 1.20. The second kappa shape index (κ2) is 11.4. The number of ether oxygens (including phenoxy) is 3. The van der Waals surface area contributed by atoms with Crippen molar-refractivity contribution in [3.05, 3.63) is 48.7 Å². The van der Waals surface area contributed by atoms with Gasteiger partial charge in [-0.15, -0.1) is 0 Å². The molecule has 1 aromatic carbocycles. The lowest BCUT2D eigenvalue weighted by atomic mass is 9.85. The predicted molar refractivity (Wildman–Crippen MR) is 152 cm³/mol. The van der Waals surface area contributed by atoms with E-state index in [1.54, 1.807) is 45.0 Å². The molecule has 2 N–H and O–H groups in total. The Morgan fingerprint density at radius 1 is 1.19 bits per heavy atom. The third-order valence-electron chi connectivity index (χ3n) is 7.92. The summed E-state index contributed by atoms with van der Waals surface area (Å²) in [4.78, 5) is 60.6. The van der Waals surface area contributed by atoms with Gasteiger partial charge in [0.25, 0.3) is 5.91 Å². The van der Waals surface area contributed by atoms with Crippen LogP contribution in [0, 0.1) is 16.7 Å². The number of alkyl carbamates (subject to hydrolysis) is 1. The summed E-state index contributed by atoms with van der Waals surface area (Å²) in [6.07, 6.45) is 0.254. The number of pyridine rings is 1. The maximum atomic E-state index is 14.3. The van der Waals surface area contributed by atoms with Gasteiger partial charge < -0.3 is 34.6 Å². The fourth-order valence-corrected chi connectivity index (χ4v) is 5.74. The zero-order valence-electron chi connectivity index (χ0n) is 24.4. The standard InChI is InChI=1S/C30H34N6O7/c1-29(2,3)23(33-28(40)41-4)26(38)35-16-20(42-19-9-6-5-7-10-19)13-21(35)25(37)36-17-30(14-18(36)15-31)27(39)34-24-22(43-30)11-8-12-32-24/h5-12,18,20-21,23H,13-14,16-17H2,1-4H3,(H,33,40)(H,32,34,39)/t18-,20-,21-,23+,30+/m0/s1. The minimum absolute atomic E-state index is 0.0610. The Morgan fingerprint density at radius 3 is 2.60 bits per heavy atom. The van der Waals surface area contributed by atoms with E-state index in [1.807, 2.05) is 18.2 Å². The van der Waals surface area contributed by atoms with E-state index in [4.69, 9.17) is 14.2 Å².